The van der Waals surface area contributed by atoms with Gasteiger partial charge in [0.25, 0.3) is 0 Å². The Bertz CT molecular complexity index is 326. The van der Waals surface area contributed by atoms with Crippen molar-refractivity contribution in [3.8, 4) is 5.75 Å². The van der Waals surface area contributed by atoms with Gasteiger partial charge in [-0.05, 0) is 38.1 Å². The molecule has 0 radical (unpaired) electrons. The van der Waals surface area contributed by atoms with E-state index in [0.29, 0.717) is 6.54 Å². The Kier molecular flexibility index (Phi) is 6.01. The van der Waals surface area contributed by atoms with Crippen LogP contribution in [0, 0.1) is 0 Å². The number of rotatable bonds is 7. The fourth-order valence-corrected chi connectivity index (χ4v) is 1.78. The van der Waals surface area contributed by atoms with Gasteiger partial charge in [-0.1, -0.05) is 19.1 Å². The quantitative estimate of drug-likeness (QED) is 0.789. The molecule has 0 saturated heterocycles. The number of benzene rings is 1. The first-order chi connectivity index (χ1) is 8.15. The van der Waals surface area contributed by atoms with Gasteiger partial charge in [-0.15, -0.1) is 0 Å². The number of hydrogen-bond donors (Lipinski definition) is 1. The van der Waals surface area contributed by atoms with Gasteiger partial charge in [0.2, 0.25) is 0 Å². The predicted molar refractivity (Wildman–Crippen MR) is 72.2 cm³/mol. The molecule has 17 heavy (non-hydrogen) atoms. The Hall–Kier alpha value is -1.06. The highest BCUT2D eigenvalue weighted by Crippen LogP contribution is 2.16. The molecule has 3 nitrogen and oxygen atoms in total. The van der Waals surface area contributed by atoms with Gasteiger partial charge >= 0.3 is 0 Å². The van der Waals surface area contributed by atoms with E-state index < -0.39 is 0 Å². The fraction of sp³-hybridized carbons (Fsp3) is 0.571. The van der Waals surface area contributed by atoms with Gasteiger partial charge in [0.15, 0.2) is 0 Å². The van der Waals surface area contributed by atoms with Crippen LogP contribution in [-0.4, -0.2) is 30.6 Å². The van der Waals surface area contributed by atoms with Crippen molar-refractivity contribution in [1.82, 2.24) is 4.90 Å². The molecule has 96 valence electrons. The summed E-state index contributed by atoms with van der Waals surface area (Å²) >= 11 is 0. The summed E-state index contributed by atoms with van der Waals surface area (Å²) in [4.78, 5) is 2.33. The zero-order chi connectivity index (χ0) is 12.7. The lowest BCUT2D eigenvalue weighted by atomic mass is 10.2. The molecule has 0 saturated carbocycles. The Morgan fingerprint density at radius 3 is 2.71 bits per heavy atom. The minimum atomic E-state index is 0.219. The molecule has 0 atom stereocenters. The van der Waals surface area contributed by atoms with E-state index in [0.717, 1.165) is 25.4 Å². The third-order valence-corrected chi connectivity index (χ3v) is 2.57. The third-order valence-electron chi connectivity index (χ3n) is 2.57. The molecule has 0 aliphatic carbocycles. The van der Waals surface area contributed by atoms with Crippen LogP contribution in [0.4, 0.5) is 0 Å². The normalized spacial score (nSPS) is 11.2. The summed E-state index contributed by atoms with van der Waals surface area (Å²) < 4.78 is 5.69. The van der Waals surface area contributed by atoms with Crippen LogP contribution in [-0.2, 0) is 6.54 Å². The lowest BCUT2D eigenvalue weighted by molar-refractivity contribution is 0.241. The van der Waals surface area contributed by atoms with E-state index in [2.05, 4.69) is 24.0 Å². The molecule has 0 spiro atoms. The highest BCUT2D eigenvalue weighted by Gasteiger charge is 2.04. The van der Waals surface area contributed by atoms with E-state index in [9.17, 15) is 0 Å². The highest BCUT2D eigenvalue weighted by atomic mass is 16.5. The number of nitrogens with zero attached hydrogens (tertiary/aromatic N) is 1. The maximum Gasteiger partial charge on any atom is 0.120 e. The van der Waals surface area contributed by atoms with Crippen molar-refractivity contribution in [3.63, 3.8) is 0 Å². The number of ether oxygens (including phenoxy) is 1. The van der Waals surface area contributed by atoms with Crippen LogP contribution >= 0.6 is 0 Å². The maximum absolute atomic E-state index is 5.69. The van der Waals surface area contributed by atoms with Crippen molar-refractivity contribution in [2.24, 2.45) is 5.73 Å². The van der Waals surface area contributed by atoms with Gasteiger partial charge in [-0.3, -0.25) is 4.90 Å². The van der Waals surface area contributed by atoms with E-state index in [1.54, 1.807) is 0 Å². The fourth-order valence-electron chi connectivity index (χ4n) is 1.78. The van der Waals surface area contributed by atoms with Crippen LogP contribution in [0.5, 0.6) is 5.75 Å². The third kappa shape index (κ3) is 5.20. The molecule has 2 N–H and O–H groups in total. The van der Waals surface area contributed by atoms with E-state index in [4.69, 9.17) is 10.5 Å². The average molecular weight is 236 g/mol. The van der Waals surface area contributed by atoms with Gasteiger partial charge in [-0.2, -0.15) is 0 Å². The monoisotopic (exact) mass is 236 g/mol. The summed E-state index contributed by atoms with van der Waals surface area (Å²) in [6.07, 6.45) is 0.219. The molecular weight excluding hydrogens is 212 g/mol. The molecule has 3 heteroatoms. The smallest absolute Gasteiger partial charge is 0.120 e. The lowest BCUT2D eigenvalue weighted by Gasteiger charge is -2.20. The summed E-state index contributed by atoms with van der Waals surface area (Å²) in [5, 5.41) is 0. The van der Waals surface area contributed by atoms with Gasteiger partial charge in [0, 0.05) is 19.6 Å². The maximum atomic E-state index is 5.69. The SMILES string of the molecule is CCN(CCN)Cc1cccc(OC(C)C)c1. The molecule has 0 unspecified atom stereocenters. The van der Waals surface area contributed by atoms with Crippen LogP contribution in [0.3, 0.4) is 0 Å². The Morgan fingerprint density at radius 2 is 2.12 bits per heavy atom. The number of hydrogen-bond acceptors (Lipinski definition) is 3. The Labute approximate surface area is 105 Å². The highest BCUT2D eigenvalue weighted by molar-refractivity contribution is 5.28. The first-order valence-corrected chi connectivity index (χ1v) is 6.33. The minimum Gasteiger partial charge on any atom is -0.491 e. The van der Waals surface area contributed by atoms with E-state index in [1.165, 1.54) is 5.56 Å². The molecule has 0 amide bonds. The second-order valence-electron chi connectivity index (χ2n) is 4.47. The van der Waals surface area contributed by atoms with Gasteiger partial charge < -0.3 is 10.5 Å². The predicted octanol–water partition coefficient (Wildman–Crippen LogP) is 2.25. The van der Waals surface area contributed by atoms with Crippen molar-refractivity contribution in [2.75, 3.05) is 19.6 Å². The van der Waals surface area contributed by atoms with Crippen molar-refractivity contribution >= 4 is 0 Å². The molecule has 0 bridgehead atoms. The summed E-state index contributed by atoms with van der Waals surface area (Å²) in [5.41, 5.74) is 6.86. The van der Waals surface area contributed by atoms with Crippen LogP contribution in [0.25, 0.3) is 0 Å². The molecule has 0 aromatic heterocycles. The van der Waals surface area contributed by atoms with E-state index >= 15 is 0 Å². The molecule has 0 fully saturated rings. The number of nitrogens with two attached hydrogens (primary N) is 1. The van der Waals surface area contributed by atoms with E-state index in [-0.39, 0.29) is 6.10 Å². The molecule has 0 aliphatic heterocycles. The molecule has 1 rings (SSSR count). The standard InChI is InChI=1S/C14H24N2O/c1-4-16(9-8-15)11-13-6-5-7-14(10-13)17-12(2)3/h5-7,10,12H,4,8-9,11,15H2,1-3H3. The second kappa shape index (κ2) is 7.30. The summed E-state index contributed by atoms with van der Waals surface area (Å²) in [6, 6.07) is 8.29. The molecule has 1 aromatic rings. The summed E-state index contributed by atoms with van der Waals surface area (Å²) in [7, 11) is 0. The van der Waals surface area contributed by atoms with Crippen LogP contribution in [0.1, 0.15) is 26.3 Å². The minimum absolute atomic E-state index is 0.219. The van der Waals surface area contributed by atoms with E-state index in [1.807, 2.05) is 26.0 Å². The molecule has 1 aromatic carbocycles. The largest absolute Gasteiger partial charge is 0.491 e. The zero-order valence-corrected chi connectivity index (χ0v) is 11.1. The first-order valence-electron chi connectivity index (χ1n) is 6.33. The molecule has 0 heterocycles. The van der Waals surface area contributed by atoms with Crippen LogP contribution in [0.2, 0.25) is 0 Å². The average Bonchev–Trinajstić information content (AvgIpc) is 2.28. The van der Waals surface area contributed by atoms with Gasteiger partial charge in [0.05, 0.1) is 6.10 Å². The Morgan fingerprint density at radius 1 is 1.35 bits per heavy atom. The van der Waals surface area contributed by atoms with Crippen molar-refractivity contribution in [2.45, 2.75) is 33.4 Å². The first kappa shape index (κ1) is 14.0. The second-order valence-corrected chi connectivity index (χ2v) is 4.47. The zero-order valence-electron chi connectivity index (χ0n) is 11.1. The van der Waals surface area contributed by atoms with Crippen LogP contribution in [0.15, 0.2) is 24.3 Å². The summed E-state index contributed by atoms with van der Waals surface area (Å²) in [6.45, 7) is 9.83. The van der Waals surface area contributed by atoms with Gasteiger partial charge in [-0.25, -0.2) is 0 Å². The van der Waals surface area contributed by atoms with Gasteiger partial charge in [0.1, 0.15) is 5.75 Å². The van der Waals surface area contributed by atoms with Crippen molar-refractivity contribution < 1.29 is 4.74 Å². The lowest BCUT2D eigenvalue weighted by Crippen LogP contribution is -2.28. The van der Waals surface area contributed by atoms with Crippen LogP contribution < -0.4 is 10.5 Å². The molecule has 0 aliphatic rings. The van der Waals surface area contributed by atoms with Crippen molar-refractivity contribution in [3.05, 3.63) is 29.8 Å². The topological polar surface area (TPSA) is 38.5 Å². The Balaban J connectivity index is 2.63. The summed E-state index contributed by atoms with van der Waals surface area (Å²) in [5.74, 6) is 0.946. The number of likely N-dealkylation sites (N-methyl/N-ethyl adjacent to an activating group) is 1. The molecular formula is C14H24N2O. The van der Waals surface area contributed by atoms with Crippen molar-refractivity contribution in [1.29, 1.82) is 0 Å².